The van der Waals surface area contributed by atoms with E-state index in [1.165, 1.54) is 0 Å². The summed E-state index contributed by atoms with van der Waals surface area (Å²) in [7, 11) is 0. The van der Waals surface area contributed by atoms with Crippen LogP contribution in [0.1, 0.15) is 21.5 Å². The summed E-state index contributed by atoms with van der Waals surface area (Å²) in [4.78, 5) is 21.6. The summed E-state index contributed by atoms with van der Waals surface area (Å²) in [6, 6.07) is 3.65. The van der Waals surface area contributed by atoms with E-state index in [0.29, 0.717) is 11.3 Å². The largest absolute Gasteiger partial charge is 0.425 e. The minimum atomic E-state index is -0.288. The molecule has 0 aromatic heterocycles. The Bertz CT molecular complexity index is 393. The van der Waals surface area contributed by atoms with Gasteiger partial charge in [-0.3, -0.25) is 9.59 Å². The molecule has 0 bridgehead atoms. The molecule has 0 aliphatic carbocycles. The van der Waals surface area contributed by atoms with Crippen LogP contribution in [0.4, 0.5) is 0 Å². The van der Waals surface area contributed by atoms with Crippen molar-refractivity contribution in [1.82, 2.24) is 0 Å². The van der Waals surface area contributed by atoms with E-state index >= 15 is 0 Å². The van der Waals surface area contributed by atoms with Crippen LogP contribution in [0.5, 0.6) is 5.75 Å². The summed E-state index contributed by atoms with van der Waals surface area (Å²) in [5, 5.41) is 0. The summed E-state index contributed by atoms with van der Waals surface area (Å²) in [6.07, 6.45) is 1.00. The normalized spacial score (nSPS) is 13.8. The van der Waals surface area contributed by atoms with Gasteiger partial charge in [0.05, 0.1) is 12.0 Å². The minimum absolute atomic E-state index is 0.274. The molecule has 0 atom stereocenters. The third-order valence-corrected chi connectivity index (χ3v) is 2.16. The lowest BCUT2D eigenvalue weighted by atomic mass is 10.0. The Hall–Kier alpha value is -1.64. The van der Waals surface area contributed by atoms with E-state index in [0.717, 1.165) is 17.4 Å². The zero-order valence-corrected chi connectivity index (χ0v) is 7.16. The predicted octanol–water partition coefficient (Wildman–Crippen LogP) is 1.27. The second-order valence-corrected chi connectivity index (χ2v) is 3.05. The number of esters is 1. The van der Waals surface area contributed by atoms with Crippen LogP contribution in [-0.2, 0) is 11.2 Å². The monoisotopic (exact) mass is 176 g/mol. The number of aryl methyl sites for hydroxylation is 1. The van der Waals surface area contributed by atoms with E-state index in [-0.39, 0.29) is 12.4 Å². The first kappa shape index (κ1) is 7.98. The molecule has 3 nitrogen and oxygen atoms in total. The van der Waals surface area contributed by atoms with Gasteiger partial charge >= 0.3 is 5.97 Å². The molecule has 0 saturated carbocycles. The van der Waals surface area contributed by atoms with Gasteiger partial charge in [0.1, 0.15) is 5.75 Å². The van der Waals surface area contributed by atoms with Gasteiger partial charge in [0.25, 0.3) is 0 Å². The molecule has 1 aromatic carbocycles. The number of aldehydes is 1. The molecule has 0 fully saturated rings. The second-order valence-electron chi connectivity index (χ2n) is 3.05. The molecular formula is C10H8O3. The first-order valence-corrected chi connectivity index (χ1v) is 4.00. The summed E-state index contributed by atoms with van der Waals surface area (Å²) < 4.78 is 4.94. The Kier molecular flexibility index (Phi) is 1.65. The smallest absolute Gasteiger partial charge is 0.315 e. The van der Waals surface area contributed by atoms with Gasteiger partial charge in [0.15, 0.2) is 6.29 Å². The Balaban J connectivity index is 2.64. The molecule has 13 heavy (non-hydrogen) atoms. The molecular weight excluding hydrogens is 168 g/mol. The first-order valence-electron chi connectivity index (χ1n) is 4.00. The molecule has 0 amide bonds. The van der Waals surface area contributed by atoms with Crippen molar-refractivity contribution in [3.8, 4) is 5.75 Å². The highest BCUT2D eigenvalue weighted by atomic mass is 16.5. The van der Waals surface area contributed by atoms with Crippen LogP contribution in [-0.4, -0.2) is 12.3 Å². The van der Waals surface area contributed by atoms with Crippen LogP contribution in [0.2, 0.25) is 0 Å². The van der Waals surface area contributed by atoms with Crippen molar-refractivity contribution in [2.75, 3.05) is 0 Å². The van der Waals surface area contributed by atoms with Gasteiger partial charge in [-0.1, -0.05) is 12.1 Å². The van der Waals surface area contributed by atoms with Crippen molar-refractivity contribution < 1.29 is 14.3 Å². The van der Waals surface area contributed by atoms with Crippen molar-refractivity contribution in [2.45, 2.75) is 13.3 Å². The average molecular weight is 176 g/mol. The average Bonchev–Trinajstić information content (AvgIpc) is 2.45. The minimum Gasteiger partial charge on any atom is -0.425 e. The fraction of sp³-hybridized carbons (Fsp3) is 0.200. The van der Waals surface area contributed by atoms with Gasteiger partial charge in [-0.2, -0.15) is 0 Å². The summed E-state index contributed by atoms with van der Waals surface area (Å²) >= 11 is 0. The maximum absolute atomic E-state index is 10.9. The third-order valence-electron chi connectivity index (χ3n) is 2.16. The van der Waals surface area contributed by atoms with Gasteiger partial charge in [0, 0.05) is 5.56 Å². The van der Waals surface area contributed by atoms with Gasteiger partial charge in [-0.25, -0.2) is 0 Å². The molecule has 1 aromatic rings. The maximum atomic E-state index is 10.9. The summed E-state index contributed by atoms with van der Waals surface area (Å²) in [5.74, 6) is 0.156. The van der Waals surface area contributed by atoms with Crippen LogP contribution in [0.3, 0.4) is 0 Å². The number of hydrogen-bond acceptors (Lipinski definition) is 3. The van der Waals surface area contributed by atoms with Crippen LogP contribution >= 0.6 is 0 Å². The van der Waals surface area contributed by atoms with Crippen LogP contribution in [0.25, 0.3) is 0 Å². The number of fused-ring (bicyclic) bond motifs is 1. The fourth-order valence-electron chi connectivity index (χ4n) is 1.45. The van der Waals surface area contributed by atoms with Crippen LogP contribution in [0.15, 0.2) is 12.1 Å². The van der Waals surface area contributed by atoms with Crippen molar-refractivity contribution in [3.63, 3.8) is 0 Å². The molecule has 2 rings (SSSR count). The van der Waals surface area contributed by atoms with Crippen LogP contribution in [0, 0.1) is 6.92 Å². The standard InChI is InChI=1S/C10H8O3/c1-6-2-3-7-4-9(12)13-10(7)8(6)5-11/h2-3,5H,4H2,1H3. The zero-order chi connectivity index (χ0) is 9.42. The number of ether oxygens (including phenoxy) is 1. The molecule has 0 radical (unpaired) electrons. The molecule has 1 aliphatic heterocycles. The Labute approximate surface area is 75.3 Å². The van der Waals surface area contributed by atoms with Crippen molar-refractivity contribution in [2.24, 2.45) is 0 Å². The first-order chi connectivity index (χ1) is 6.22. The van der Waals surface area contributed by atoms with E-state index < -0.39 is 0 Å². The Morgan fingerprint density at radius 1 is 1.46 bits per heavy atom. The van der Waals surface area contributed by atoms with Gasteiger partial charge in [0.2, 0.25) is 0 Å². The van der Waals surface area contributed by atoms with E-state index in [9.17, 15) is 9.59 Å². The Morgan fingerprint density at radius 3 is 2.92 bits per heavy atom. The van der Waals surface area contributed by atoms with Crippen molar-refractivity contribution >= 4 is 12.3 Å². The number of hydrogen-bond donors (Lipinski definition) is 0. The van der Waals surface area contributed by atoms with Gasteiger partial charge in [-0.15, -0.1) is 0 Å². The van der Waals surface area contributed by atoms with Crippen molar-refractivity contribution in [3.05, 3.63) is 28.8 Å². The van der Waals surface area contributed by atoms with Gasteiger partial charge < -0.3 is 4.74 Å². The topological polar surface area (TPSA) is 43.4 Å². The van der Waals surface area contributed by atoms with E-state index in [2.05, 4.69) is 0 Å². The molecule has 3 heteroatoms. The SMILES string of the molecule is Cc1ccc2c(c1C=O)OC(=O)C2. The highest BCUT2D eigenvalue weighted by molar-refractivity contribution is 5.90. The molecule has 1 heterocycles. The maximum Gasteiger partial charge on any atom is 0.315 e. The van der Waals surface area contributed by atoms with Crippen molar-refractivity contribution in [1.29, 1.82) is 0 Å². The lowest BCUT2D eigenvalue weighted by Gasteiger charge is -2.03. The third kappa shape index (κ3) is 1.13. The number of rotatable bonds is 1. The quantitative estimate of drug-likeness (QED) is 0.367. The highest BCUT2D eigenvalue weighted by Crippen LogP contribution is 2.30. The highest BCUT2D eigenvalue weighted by Gasteiger charge is 2.23. The number of carbonyl (C=O) groups excluding carboxylic acids is 2. The summed E-state index contributed by atoms with van der Waals surface area (Å²) in [5.41, 5.74) is 2.13. The van der Waals surface area contributed by atoms with Gasteiger partial charge in [-0.05, 0) is 12.5 Å². The van der Waals surface area contributed by atoms with E-state index in [4.69, 9.17) is 4.74 Å². The molecule has 1 aliphatic rings. The van der Waals surface area contributed by atoms with E-state index in [1.54, 1.807) is 0 Å². The number of benzene rings is 1. The van der Waals surface area contributed by atoms with Crippen LogP contribution < -0.4 is 4.74 Å². The predicted molar refractivity (Wildman–Crippen MR) is 45.9 cm³/mol. The molecule has 0 N–H and O–H groups in total. The zero-order valence-electron chi connectivity index (χ0n) is 7.16. The molecule has 0 unspecified atom stereocenters. The Morgan fingerprint density at radius 2 is 2.23 bits per heavy atom. The molecule has 0 spiro atoms. The molecule has 0 saturated heterocycles. The molecule has 66 valence electrons. The number of carbonyl (C=O) groups is 2. The summed E-state index contributed by atoms with van der Waals surface area (Å²) in [6.45, 7) is 1.82. The lowest BCUT2D eigenvalue weighted by molar-refractivity contribution is -0.131. The lowest BCUT2D eigenvalue weighted by Crippen LogP contribution is -2.01. The van der Waals surface area contributed by atoms with E-state index in [1.807, 2.05) is 19.1 Å². The fourth-order valence-corrected chi connectivity index (χ4v) is 1.45. The second kappa shape index (κ2) is 2.69.